The molecule has 0 saturated carbocycles. The zero-order valence-electron chi connectivity index (χ0n) is 7.06. The Morgan fingerprint density at radius 2 is 2.62 bits per heavy atom. The van der Waals surface area contributed by atoms with Crippen molar-refractivity contribution in [2.24, 2.45) is 5.10 Å². The highest BCUT2D eigenvalue weighted by molar-refractivity contribution is 7.77. The minimum absolute atomic E-state index is 0.113. The van der Waals surface area contributed by atoms with Gasteiger partial charge in [-0.25, -0.2) is 0 Å². The molecule has 7 heteroatoms. The molecule has 0 aliphatic carbocycles. The predicted octanol–water partition coefficient (Wildman–Crippen LogP) is -0.327. The van der Waals surface area contributed by atoms with Crippen LogP contribution in [0.5, 0.6) is 0 Å². The van der Waals surface area contributed by atoms with Gasteiger partial charge in [0.15, 0.2) is 0 Å². The maximum absolute atomic E-state index is 10.1. The van der Waals surface area contributed by atoms with Crippen LogP contribution in [0, 0.1) is 11.3 Å². The largest absolute Gasteiger partial charge is 0.755 e. The van der Waals surface area contributed by atoms with E-state index in [9.17, 15) is 8.76 Å². The van der Waals surface area contributed by atoms with E-state index in [0.717, 1.165) is 0 Å². The maximum Gasteiger partial charge on any atom is 0.125 e. The quantitative estimate of drug-likeness (QED) is 0.374. The van der Waals surface area contributed by atoms with Crippen LogP contribution in [0.25, 0.3) is 0 Å². The average molecular weight is 201 g/mol. The number of hydrogen-bond acceptors (Lipinski definition) is 5. The number of nitrogens with one attached hydrogen (secondary N) is 1. The first-order valence-electron chi connectivity index (χ1n) is 3.26. The van der Waals surface area contributed by atoms with Crippen LogP contribution in [-0.4, -0.2) is 27.0 Å². The molecule has 0 fully saturated rings. The molecule has 0 rings (SSSR count). The zero-order valence-corrected chi connectivity index (χ0v) is 7.87. The number of nitrogens with zero attached hydrogens (tertiary/aromatic N) is 3. The maximum atomic E-state index is 10.1. The molecule has 1 atom stereocenters. The molecule has 0 heterocycles. The Bertz CT molecular complexity index is 270. The molecule has 0 radical (unpaired) electrons. The third kappa shape index (κ3) is 5.84. The van der Waals surface area contributed by atoms with E-state index in [2.05, 4.69) is 11.7 Å². The fourth-order valence-electron chi connectivity index (χ4n) is 0.436. The van der Waals surface area contributed by atoms with Crippen molar-refractivity contribution >= 4 is 17.5 Å². The molecule has 0 aliphatic heterocycles. The molecule has 0 bridgehead atoms. The lowest BCUT2D eigenvalue weighted by Crippen LogP contribution is -2.25. The smallest absolute Gasteiger partial charge is 0.125 e. The Balaban J connectivity index is 3.97. The fourth-order valence-corrected chi connectivity index (χ4v) is 0.761. The van der Waals surface area contributed by atoms with Crippen molar-refractivity contribution in [3.63, 3.8) is 0 Å². The third-order valence-electron chi connectivity index (χ3n) is 1.03. The fraction of sp³-hybridized carbons (Fsp3) is 0.333. The summed E-state index contributed by atoms with van der Waals surface area (Å²) in [4.78, 5) is 0. The van der Waals surface area contributed by atoms with Gasteiger partial charge in [0.2, 0.25) is 0 Å². The van der Waals surface area contributed by atoms with E-state index in [0.29, 0.717) is 0 Å². The van der Waals surface area contributed by atoms with Gasteiger partial charge in [0.1, 0.15) is 5.82 Å². The molecule has 1 unspecified atom stereocenters. The van der Waals surface area contributed by atoms with Gasteiger partial charge in [0, 0.05) is 24.5 Å². The van der Waals surface area contributed by atoms with Crippen molar-refractivity contribution in [3.8, 4) is 6.07 Å². The molecule has 0 aromatic carbocycles. The van der Waals surface area contributed by atoms with E-state index < -0.39 is 11.3 Å². The van der Waals surface area contributed by atoms with Crippen LogP contribution in [0.4, 0.5) is 0 Å². The van der Waals surface area contributed by atoms with Gasteiger partial charge in [-0.05, 0) is 0 Å². The number of hydrazone groups is 1. The molecule has 0 spiro atoms. The average Bonchev–Trinajstić information content (AvgIpc) is 2.03. The zero-order chi connectivity index (χ0) is 10.3. The Morgan fingerprint density at radius 1 is 2.00 bits per heavy atom. The van der Waals surface area contributed by atoms with Crippen LogP contribution in [0.3, 0.4) is 0 Å². The second kappa shape index (κ2) is 6.16. The van der Waals surface area contributed by atoms with E-state index in [1.807, 2.05) is 10.8 Å². The first-order valence-corrected chi connectivity index (χ1v) is 4.33. The summed E-state index contributed by atoms with van der Waals surface area (Å²) in [7, 11) is 1.51. The van der Waals surface area contributed by atoms with Crippen LogP contribution in [-0.2, 0) is 11.3 Å². The van der Waals surface area contributed by atoms with Gasteiger partial charge in [-0.3, -0.25) is 9.22 Å². The van der Waals surface area contributed by atoms with E-state index >= 15 is 0 Å². The van der Waals surface area contributed by atoms with Gasteiger partial charge in [-0.15, -0.1) is 0 Å². The monoisotopic (exact) mass is 201 g/mol. The van der Waals surface area contributed by atoms with Crippen molar-refractivity contribution in [2.75, 3.05) is 7.05 Å². The van der Waals surface area contributed by atoms with E-state index in [4.69, 9.17) is 5.26 Å². The molecule has 0 aromatic rings. The summed E-state index contributed by atoms with van der Waals surface area (Å²) in [6, 6.07) is 1.85. The Labute approximate surface area is 79.0 Å². The van der Waals surface area contributed by atoms with Gasteiger partial charge in [-0.2, -0.15) is 10.4 Å². The molecular weight excluding hydrogens is 192 g/mol. The summed E-state index contributed by atoms with van der Waals surface area (Å²) >= 11 is -2.40. The van der Waals surface area contributed by atoms with Gasteiger partial charge in [0.25, 0.3) is 0 Å². The topological polar surface area (TPSA) is 91.5 Å². The van der Waals surface area contributed by atoms with Crippen LogP contribution in [0.15, 0.2) is 17.5 Å². The minimum Gasteiger partial charge on any atom is -0.755 e. The highest BCUT2D eigenvalue weighted by Gasteiger charge is 1.96. The van der Waals surface area contributed by atoms with Gasteiger partial charge >= 0.3 is 0 Å². The first-order chi connectivity index (χ1) is 6.07. The second-order valence-corrected chi connectivity index (χ2v) is 2.64. The molecule has 0 aliphatic rings. The standard InChI is InChI=1S/C6H10N4O2S/c1-6(9-13(11)12)10(2)8-5-3-4-7/h5,9H,1,3H2,2H3,(H,11,12)/p-1/b8-5+. The van der Waals surface area contributed by atoms with Crippen molar-refractivity contribution in [1.29, 1.82) is 5.26 Å². The summed E-state index contributed by atoms with van der Waals surface area (Å²) in [5, 5.41) is 13.1. The van der Waals surface area contributed by atoms with Crippen LogP contribution < -0.4 is 4.72 Å². The number of hydrogen-bond donors (Lipinski definition) is 1. The molecule has 1 N–H and O–H groups in total. The van der Waals surface area contributed by atoms with Crippen LogP contribution in [0.1, 0.15) is 6.42 Å². The third-order valence-corrected chi connectivity index (χ3v) is 1.43. The normalized spacial score (nSPS) is 12.1. The molecule has 0 amide bonds. The first kappa shape index (κ1) is 11.6. The van der Waals surface area contributed by atoms with Gasteiger partial charge in [-0.1, -0.05) is 6.58 Å². The molecular formula is C6H9N4O2S-. The Morgan fingerprint density at radius 3 is 3.08 bits per heavy atom. The summed E-state index contributed by atoms with van der Waals surface area (Å²) in [5.41, 5.74) is 0. The van der Waals surface area contributed by atoms with Gasteiger partial charge in [0.05, 0.1) is 12.5 Å². The molecule has 0 aromatic heterocycles. The lowest BCUT2D eigenvalue weighted by molar-refractivity contribution is 0.425. The summed E-state index contributed by atoms with van der Waals surface area (Å²) in [5.74, 6) is 0.113. The highest BCUT2D eigenvalue weighted by atomic mass is 32.2. The van der Waals surface area contributed by atoms with Crippen molar-refractivity contribution in [1.82, 2.24) is 9.73 Å². The summed E-state index contributed by atoms with van der Waals surface area (Å²) < 4.78 is 22.3. The van der Waals surface area contributed by atoms with E-state index in [1.54, 1.807) is 0 Å². The molecule has 6 nitrogen and oxygen atoms in total. The van der Waals surface area contributed by atoms with Crippen molar-refractivity contribution < 1.29 is 8.76 Å². The van der Waals surface area contributed by atoms with Crippen molar-refractivity contribution in [2.45, 2.75) is 6.42 Å². The van der Waals surface area contributed by atoms with Crippen molar-refractivity contribution in [3.05, 3.63) is 12.4 Å². The van der Waals surface area contributed by atoms with Crippen LogP contribution in [0.2, 0.25) is 0 Å². The van der Waals surface area contributed by atoms with Gasteiger partial charge < -0.3 is 9.27 Å². The second-order valence-electron chi connectivity index (χ2n) is 1.97. The summed E-state index contributed by atoms with van der Waals surface area (Å²) in [6.45, 7) is 3.40. The lowest BCUT2D eigenvalue weighted by Gasteiger charge is -2.17. The minimum atomic E-state index is -2.40. The SMILES string of the molecule is C=C(NS(=O)[O-])N(C)/N=C/CC#N. The summed E-state index contributed by atoms with van der Waals surface area (Å²) in [6.07, 6.45) is 1.51. The molecule has 0 saturated heterocycles. The predicted molar refractivity (Wildman–Crippen MR) is 47.7 cm³/mol. The Kier molecular flexibility index (Phi) is 5.50. The van der Waals surface area contributed by atoms with Crippen LogP contribution >= 0.6 is 0 Å². The highest BCUT2D eigenvalue weighted by Crippen LogP contribution is 1.93. The Hall–Kier alpha value is -1.39. The van der Waals surface area contributed by atoms with E-state index in [-0.39, 0.29) is 12.2 Å². The molecule has 72 valence electrons. The van der Waals surface area contributed by atoms with E-state index in [1.165, 1.54) is 18.3 Å². The lowest BCUT2D eigenvalue weighted by atomic mass is 10.5. The number of nitriles is 1. The molecule has 13 heavy (non-hydrogen) atoms. The number of rotatable bonds is 5.